The van der Waals surface area contributed by atoms with Crippen molar-refractivity contribution in [3.8, 4) is 0 Å². The van der Waals surface area contributed by atoms with Gasteiger partial charge < -0.3 is 15.2 Å². The maximum atomic E-state index is 10.1. The molecular weight excluding hydrogens is 177 g/mol. The molecule has 0 amide bonds. The predicted octanol–water partition coefficient (Wildman–Crippen LogP) is -2.95. The Labute approximate surface area is 102 Å². The fourth-order valence-corrected chi connectivity index (χ4v) is 1.67. The van der Waals surface area contributed by atoms with Gasteiger partial charge in [-0.05, 0) is 32.2 Å². The number of aliphatic carboxylic acids is 1. The summed E-state index contributed by atoms with van der Waals surface area (Å²) >= 11 is 0. The molecule has 0 atom stereocenters. The molecule has 1 fully saturated rings. The van der Waals surface area contributed by atoms with Gasteiger partial charge in [-0.1, -0.05) is 12.8 Å². The molecule has 1 saturated carbocycles. The van der Waals surface area contributed by atoms with Crippen LogP contribution in [0.5, 0.6) is 0 Å². The second-order valence-electron chi connectivity index (χ2n) is 3.41. The maximum Gasteiger partial charge on any atom is 1.00 e. The van der Waals surface area contributed by atoms with Crippen LogP contribution >= 0.6 is 0 Å². The number of hydrogen-bond acceptors (Lipinski definition) is 3. The Kier molecular flexibility index (Phi) is 8.06. The zero-order chi connectivity index (χ0) is 8.81. The molecule has 0 aromatic rings. The van der Waals surface area contributed by atoms with Gasteiger partial charge in [0.15, 0.2) is 0 Å². The normalized spacial score (nSPS) is 16.9. The second kappa shape index (κ2) is 7.80. The minimum atomic E-state index is -0.941. The van der Waals surface area contributed by atoms with Gasteiger partial charge in [0.05, 0.1) is 0 Å². The van der Waals surface area contributed by atoms with Crippen LogP contribution < -0.4 is 40.0 Å². The van der Waals surface area contributed by atoms with E-state index >= 15 is 0 Å². The van der Waals surface area contributed by atoms with Gasteiger partial charge >= 0.3 is 29.6 Å². The summed E-state index contributed by atoms with van der Waals surface area (Å²) in [6, 6.07) is 0.645. The molecule has 0 radical (unpaired) electrons. The van der Waals surface area contributed by atoms with Crippen LogP contribution in [0.3, 0.4) is 0 Å². The number of carbonyl (C=O) groups is 1. The van der Waals surface area contributed by atoms with E-state index in [1.54, 1.807) is 0 Å². The summed E-state index contributed by atoms with van der Waals surface area (Å²) in [6.45, 7) is 0.818. The number of carbonyl (C=O) groups excluding carboxylic acids is 1. The average Bonchev–Trinajstić information content (AvgIpc) is 2.49. The van der Waals surface area contributed by atoms with Crippen LogP contribution in [-0.2, 0) is 4.79 Å². The van der Waals surface area contributed by atoms with Gasteiger partial charge in [0, 0.05) is 12.0 Å². The van der Waals surface area contributed by atoms with Crippen molar-refractivity contribution < 1.29 is 39.5 Å². The average molecular weight is 193 g/mol. The minimum Gasteiger partial charge on any atom is -0.550 e. The first kappa shape index (κ1) is 13.4. The second-order valence-corrected chi connectivity index (χ2v) is 3.41. The summed E-state index contributed by atoms with van der Waals surface area (Å²) in [4.78, 5) is 10.1. The predicted molar refractivity (Wildman–Crippen MR) is 44.5 cm³/mol. The van der Waals surface area contributed by atoms with Crippen LogP contribution in [-0.4, -0.2) is 18.6 Å². The van der Waals surface area contributed by atoms with Crippen molar-refractivity contribution in [3.05, 3.63) is 0 Å². The van der Waals surface area contributed by atoms with Crippen LogP contribution in [0.25, 0.3) is 0 Å². The smallest absolute Gasteiger partial charge is 0.550 e. The van der Waals surface area contributed by atoms with E-state index in [0.29, 0.717) is 12.5 Å². The van der Waals surface area contributed by atoms with E-state index in [2.05, 4.69) is 5.32 Å². The Morgan fingerprint density at radius 1 is 1.38 bits per heavy atom. The number of rotatable bonds is 5. The van der Waals surface area contributed by atoms with Crippen molar-refractivity contribution >= 4 is 5.97 Å². The summed E-state index contributed by atoms with van der Waals surface area (Å²) in [5.74, 6) is -0.941. The van der Waals surface area contributed by atoms with Crippen LogP contribution in [0.4, 0.5) is 0 Å². The largest absolute Gasteiger partial charge is 1.00 e. The number of carboxylic acids is 1. The van der Waals surface area contributed by atoms with E-state index in [-0.39, 0.29) is 36.0 Å². The molecule has 4 heteroatoms. The van der Waals surface area contributed by atoms with E-state index in [4.69, 9.17) is 0 Å². The van der Waals surface area contributed by atoms with E-state index in [1.165, 1.54) is 25.7 Å². The SMILES string of the molecule is O=C([O-])CCCNC1CCCC1.[Na+]. The fourth-order valence-electron chi connectivity index (χ4n) is 1.67. The third kappa shape index (κ3) is 6.49. The number of nitrogens with one attached hydrogen (secondary N) is 1. The molecular formula is C9H16NNaO2. The zero-order valence-corrected chi connectivity index (χ0v) is 10.3. The molecule has 0 unspecified atom stereocenters. The van der Waals surface area contributed by atoms with Gasteiger partial charge in [-0.25, -0.2) is 0 Å². The quantitative estimate of drug-likeness (QED) is 0.375. The van der Waals surface area contributed by atoms with Crippen LogP contribution in [0.2, 0.25) is 0 Å². The summed E-state index contributed by atoms with van der Waals surface area (Å²) in [5.41, 5.74) is 0. The molecule has 0 saturated heterocycles. The third-order valence-electron chi connectivity index (χ3n) is 2.35. The molecule has 0 aromatic heterocycles. The first-order valence-corrected chi connectivity index (χ1v) is 4.72. The number of hydrogen-bond donors (Lipinski definition) is 1. The monoisotopic (exact) mass is 193 g/mol. The Morgan fingerprint density at radius 2 is 2.00 bits per heavy atom. The van der Waals surface area contributed by atoms with E-state index in [9.17, 15) is 9.90 Å². The van der Waals surface area contributed by atoms with E-state index < -0.39 is 5.97 Å². The minimum absolute atomic E-state index is 0. The molecule has 70 valence electrons. The van der Waals surface area contributed by atoms with Crippen molar-refractivity contribution in [1.82, 2.24) is 5.32 Å². The molecule has 0 aliphatic heterocycles. The van der Waals surface area contributed by atoms with Crippen molar-refractivity contribution in [1.29, 1.82) is 0 Å². The molecule has 13 heavy (non-hydrogen) atoms. The van der Waals surface area contributed by atoms with E-state index in [0.717, 1.165) is 6.54 Å². The van der Waals surface area contributed by atoms with Crippen molar-refractivity contribution in [3.63, 3.8) is 0 Å². The van der Waals surface area contributed by atoms with Crippen molar-refractivity contribution in [2.24, 2.45) is 0 Å². The van der Waals surface area contributed by atoms with Gasteiger partial charge in [0.1, 0.15) is 0 Å². The molecule has 1 aliphatic carbocycles. The number of carboxylic acid groups (broad SMARTS) is 1. The van der Waals surface area contributed by atoms with Gasteiger partial charge in [0.2, 0.25) is 0 Å². The standard InChI is InChI=1S/C9H17NO2.Na/c11-9(12)6-3-7-10-8-4-1-2-5-8;/h8,10H,1-7H2,(H,11,12);/q;+1/p-1. The molecule has 1 N–H and O–H groups in total. The zero-order valence-electron chi connectivity index (χ0n) is 8.34. The van der Waals surface area contributed by atoms with Gasteiger partial charge in [-0.15, -0.1) is 0 Å². The Hall–Kier alpha value is 0.430. The Morgan fingerprint density at radius 3 is 2.54 bits per heavy atom. The van der Waals surface area contributed by atoms with E-state index in [1.807, 2.05) is 0 Å². The third-order valence-corrected chi connectivity index (χ3v) is 2.35. The molecule has 1 rings (SSSR count). The molecule has 0 aromatic carbocycles. The Bertz CT molecular complexity index is 147. The van der Waals surface area contributed by atoms with Crippen LogP contribution in [0.15, 0.2) is 0 Å². The first-order valence-electron chi connectivity index (χ1n) is 4.72. The molecule has 0 spiro atoms. The van der Waals surface area contributed by atoms with Crippen LogP contribution in [0.1, 0.15) is 38.5 Å². The first-order chi connectivity index (χ1) is 5.79. The summed E-state index contributed by atoms with van der Waals surface area (Å²) in [7, 11) is 0. The Balaban J connectivity index is 0.00000144. The van der Waals surface area contributed by atoms with Crippen molar-refractivity contribution in [2.45, 2.75) is 44.6 Å². The molecule has 0 bridgehead atoms. The summed E-state index contributed by atoms with van der Waals surface area (Å²) in [5, 5.41) is 13.4. The van der Waals surface area contributed by atoms with Gasteiger partial charge in [0.25, 0.3) is 0 Å². The fraction of sp³-hybridized carbons (Fsp3) is 0.889. The summed E-state index contributed by atoms with van der Waals surface area (Å²) in [6.07, 6.45) is 6.02. The van der Waals surface area contributed by atoms with Gasteiger partial charge in [-0.3, -0.25) is 0 Å². The van der Waals surface area contributed by atoms with Crippen LogP contribution in [0, 0.1) is 0 Å². The molecule has 0 heterocycles. The van der Waals surface area contributed by atoms with Crippen molar-refractivity contribution in [2.75, 3.05) is 6.54 Å². The maximum absolute atomic E-state index is 10.1. The topological polar surface area (TPSA) is 52.2 Å². The van der Waals surface area contributed by atoms with Gasteiger partial charge in [-0.2, -0.15) is 0 Å². The molecule has 1 aliphatic rings. The summed E-state index contributed by atoms with van der Waals surface area (Å²) < 4.78 is 0. The molecule has 3 nitrogen and oxygen atoms in total.